The summed E-state index contributed by atoms with van der Waals surface area (Å²) in [7, 11) is 1.75. The first-order valence-corrected chi connectivity index (χ1v) is 5.78. The smallest absolute Gasteiger partial charge is 0.235 e. The number of rotatable bonds is 1. The van der Waals surface area contributed by atoms with Crippen LogP contribution in [0, 0.1) is 6.92 Å². The van der Waals surface area contributed by atoms with Crippen molar-refractivity contribution in [2.75, 3.05) is 0 Å². The molecule has 96 valence electrons. The van der Waals surface area contributed by atoms with Crippen LogP contribution in [0.2, 0.25) is 0 Å². The summed E-state index contributed by atoms with van der Waals surface area (Å²) in [6.07, 6.45) is 3.21. The van der Waals surface area contributed by atoms with Crippen molar-refractivity contribution < 1.29 is 5.11 Å². The lowest BCUT2D eigenvalue weighted by atomic mass is 10.1. The van der Waals surface area contributed by atoms with Gasteiger partial charge < -0.3 is 10.1 Å². The number of aromatic amines is 1. The Morgan fingerprint density at radius 2 is 2.00 bits per heavy atom. The number of H-pyrrole nitrogens is 1. The molecule has 0 atom stereocenters. The van der Waals surface area contributed by atoms with E-state index in [2.05, 4.69) is 15.1 Å². The van der Waals surface area contributed by atoms with E-state index < -0.39 is 5.43 Å². The fourth-order valence-electron chi connectivity index (χ4n) is 2.21. The van der Waals surface area contributed by atoms with Gasteiger partial charge in [0.15, 0.2) is 5.75 Å². The summed E-state index contributed by atoms with van der Waals surface area (Å²) in [6.45, 7) is 1.74. The molecule has 3 heterocycles. The van der Waals surface area contributed by atoms with E-state index in [1.165, 1.54) is 0 Å². The lowest BCUT2D eigenvalue weighted by Gasteiger charge is -2.05. The number of aromatic nitrogens is 4. The minimum Gasteiger partial charge on any atom is -0.503 e. The van der Waals surface area contributed by atoms with Crippen LogP contribution in [0.15, 0.2) is 29.3 Å². The van der Waals surface area contributed by atoms with Crippen LogP contribution in [0.5, 0.6) is 5.75 Å². The van der Waals surface area contributed by atoms with E-state index in [1.54, 1.807) is 43.2 Å². The highest BCUT2D eigenvalue weighted by molar-refractivity contribution is 5.84. The summed E-state index contributed by atoms with van der Waals surface area (Å²) >= 11 is 0. The third-order valence-corrected chi connectivity index (χ3v) is 3.11. The third-order valence-electron chi connectivity index (χ3n) is 3.11. The van der Waals surface area contributed by atoms with Crippen LogP contribution in [-0.4, -0.2) is 24.9 Å². The zero-order valence-corrected chi connectivity index (χ0v) is 10.5. The molecule has 0 aromatic carbocycles. The van der Waals surface area contributed by atoms with E-state index in [-0.39, 0.29) is 5.75 Å². The van der Waals surface area contributed by atoms with Crippen molar-refractivity contribution in [1.29, 1.82) is 0 Å². The van der Waals surface area contributed by atoms with Gasteiger partial charge in [0.25, 0.3) is 0 Å². The molecule has 0 bridgehead atoms. The molecule has 6 nitrogen and oxygen atoms in total. The van der Waals surface area contributed by atoms with E-state index >= 15 is 0 Å². The van der Waals surface area contributed by atoms with Crippen molar-refractivity contribution in [3.63, 3.8) is 0 Å². The minimum absolute atomic E-state index is 0.296. The summed E-state index contributed by atoms with van der Waals surface area (Å²) in [5.74, 6) is -0.296. The highest BCUT2D eigenvalue weighted by Gasteiger charge is 2.17. The highest BCUT2D eigenvalue weighted by Crippen LogP contribution is 2.26. The maximum atomic E-state index is 12.2. The monoisotopic (exact) mass is 256 g/mol. The molecule has 0 spiro atoms. The van der Waals surface area contributed by atoms with Gasteiger partial charge >= 0.3 is 0 Å². The van der Waals surface area contributed by atoms with Gasteiger partial charge in [-0.2, -0.15) is 5.10 Å². The molecule has 2 N–H and O–H groups in total. The number of nitrogens with one attached hydrogen (secondary N) is 1. The van der Waals surface area contributed by atoms with E-state index in [0.29, 0.717) is 28.0 Å². The molecule has 3 aromatic rings. The quantitative estimate of drug-likeness (QED) is 0.688. The van der Waals surface area contributed by atoms with Crippen LogP contribution in [-0.2, 0) is 7.05 Å². The topological polar surface area (TPSA) is 83.8 Å². The summed E-state index contributed by atoms with van der Waals surface area (Å²) in [5, 5.41) is 14.7. The van der Waals surface area contributed by atoms with Crippen molar-refractivity contribution in [2.45, 2.75) is 6.92 Å². The first-order valence-electron chi connectivity index (χ1n) is 5.78. The second-order valence-corrected chi connectivity index (χ2v) is 4.35. The highest BCUT2D eigenvalue weighted by atomic mass is 16.3. The maximum Gasteiger partial charge on any atom is 0.235 e. The van der Waals surface area contributed by atoms with Gasteiger partial charge in [-0.05, 0) is 19.1 Å². The molecule has 3 aromatic heterocycles. The zero-order chi connectivity index (χ0) is 13.6. The van der Waals surface area contributed by atoms with Crippen molar-refractivity contribution >= 4 is 11.0 Å². The average Bonchev–Trinajstić information content (AvgIpc) is 2.70. The molecule has 3 rings (SSSR count). The minimum atomic E-state index is -0.411. The molecule has 0 amide bonds. The van der Waals surface area contributed by atoms with E-state index in [1.807, 2.05) is 0 Å². The number of aromatic hydroxyl groups is 1. The Bertz CT molecular complexity index is 818. The van der Waals surface area contributed by atoms with E-state index in [9.17, 15) is 9.90 Å². The number of nitrogens with zero attached hydrogens (tertiary/aromatic N) is 3. The van der Waals surface area contributed by atoms with Crippen molar-refractivity contribution in [3.8, 4) is 17.0 Å². The number of pyridine rings is 2. The van der Waals surface area contributed by atoms with Gasteiger partial charge in [0.05, 0.1) is 16.8 Å². The van der Waals surface area contributed by atoms with Crippen LogP contribution >= 0.6 is 0 Å². The van der Waals surface area contributed by atoms with Gasteiger partial charge in [-0.15, -0.1) is 0 Å². The Balaban J connectivity index is 2.43. The Labute approximate surface area is 108 Å². The molecule has 19 heavy (non-hydrogen) atoms. The standard InChI is InChI=1S/C13H12N4O2/c1-7-9-11(18)12(19)10(8-3-5-14-6-4-8)15-13(9)17(2)16-7/h3-6,19H,1-2H3,(H,15,18). The van der Waals surface area contributed by atoms with Crippen LogP contribution < -0.4 is 5.43 Å². The lowest BCUT2D eigenvalue weighted by molar-refractivity contribution is 0.471. The normalized spacial score (nSPS) is 11.1. The van der Waals surface area contributed by atoms with Crippen molar-refractivity contribution in [2.24, 2.45) is 7.05 Å². The molecule has 0 unspecified atom stereocenters. The van der Waals surface area contributed by atoms with Crippen LogP contribution in [0.4, 0.5) is 0 Å². The summed E-state index contributed by atoms with van der Waals surface area (Å²) < 4.78 is 1.59. The SMILES string of the molecule is Cc1nn(C)c2[nH]c(-c3ccncc3)c(O)c(=O)c12. The number of hydrogen-bond acceptors (Lipinski definition) is 4. The largest absolute Gasteiger partial charge is 0.503 e. The Kier molecular flexibility index (Phi) is 2.38. The molecule has 0 aliphatic heterocycles. The average molecular weight is 256 g/mol. The first kappa shape index (κ1) is 11.5. The second-order valence-electron chi connectivity index (χ2n) is 4.35. The fourth-order valence-corrected chi connectivity index (χ4v) is 2.21. The molecule has 0 fully saturated rings. The summed E-state index contributed by atoms with van der Waals surface area (Å²) in [5.41, 5.74) is 1.85. The Hall–Kier alpha value is -2.63. The number of aryl methyl sites for hydroxylation is 2. The maximum absolute atomic E-state index is 12.2. The van der Waals surface area contributed by atoms with Crippen molar-refractivity contribution in [3.05, 3.63) is 40.4 Å². The van der Waals surface area contributed by atoms with E-state index in [4.69, 9.17) is 0 Å². The Morgan fingerprint density at radius 3 is 2.68 bits per heavy atom. The molecule has 0 aliphatic rings. The third kappa shape index (κ3) is 1.61. The van der Waals surface area contributed by atoms with Gasteiger partial charge in [0.1, 0.15) is 5.65 Å². The first-order chi connectivity index (χ1) is 9.09. The van der Waals surface area contributed by atoms with Crippen LogP contribution in [0.1, 0.15) is 5.69 Å². The molecule has 0 saturated carbocycles. The van der Waals surface area contributed by atoms with Gasteiger partial charge in [-0.1, -0.05) is 0 Å². The molecule has 6 heteroatoms. The van der Waals surface area contributed by atoms with Gasteiger partial charge in [0.2, 0.25) is 5.43 Å². The Morgan fingerprint density at radius 1 is 1.32 bits per heavy atom. The number of fused-ring (bicyclic) bond motifs is 1. The summed E-state index contributed by atoms with van der Waals surface area (Å²) in [6, 6.07) is 3.44. The second kappa shape index (κ2) is 3.94. The predicted molar refractivity (Wildman–Crippen MR) is 71.0 cm³/mol. The molecule has 0 saturated heterocycles. The summed E-state index contributed by atoms with van der Waals surface area (Å²) in [4.78, 5) is 19.2. The molecule has 0 aliphatic carbocycles. The van der Waals surface area contributed by atoms with Gasteiger partial charge in [0, 0.05) is 25.0 Å². The van der Waals surface area contributed by atoms with Crippen LogP contribution in [0.3, 0.4) is 0 Å². The zero-order valence-electron chi connectivity index (χ0n) is 10.5. The van der Waals surface area contributed by atoms with Crippen molar-refractivity contribution in [1.82, 2.24) is 19.7 Å². The predicted octanol–water partition coefficient (Wildman–Crippen LogP) is 1.34. The van der Waals surface area contributed by atoms with Gasteiger partial charge in [-0.3, -0.25) is 14.5 Å². The van der Waals surface area contributed by atoms with Crippen LogP contribution in [0.25, 0.3) is 22.3 Å². The number of hydrogen-bond donors (Lipinski definition) is 2. The lowest BCUT2D eigenvalue weighted by Crippen LogP contribution is -2.06. The fraction of sp³-hybridized carbons (Fsp3) is 0.154. The molecular weight excluding hydrogens is 244 g/mol. The van der Waals surface area contributed by atoms with E-state index in [0.717, 1.165) is 0 Å². The molecule has 0 radical (unpaired) electrons. The molecular formula is C13H12N4O2. The van der Waals surface area contributed by atoms with Gasteiger partial charge in [-0.25, -0.2) is 0 Å².